The molecule has 142 valence electrons. The van der Waals surface area contributed by atoms with E-state index in [1.54, 1.807) is 0 Å². The Labute approximate surface area is 154 Å². The largest absolute Gasteiger partial charge is 0.361 e. The number of amides is 1. The molecule has 0 saturated carbocycles. The minimum absolute atomic E-state index is 0.00803. The summed E-state index contributed by atoms with van der Waals surface area (Å²) in [6.07, 6.45) is 2.07. The fraction of sp³-hybridized carbons (Fsp3) is 0.632. The topological polar surface area (TPSA) is 76.2 Å². The van der Waals surface area contributed by atoms with Crippen molar-refractivity contribution in [3.8, 4) is 0 Å². The summed E-state index contributed by atoms with van der Waals surface area (Å²) in [5.41, 5.74) is 3.62. The monoisotopic (exact) mass is 359 g/mol. The lowest BCUT2D eigenvalue weighted by Gasteiger charge is -2.22. The van der Waals surface area contributed by atoms with Gasteiger partial charge in [-0.15, -0.1) is 0 Å². The smallest absolute Gasteiger partial charge is 0.238 e. The lowest BCUT2D eigenvalue weighted by Crippen LogP contribution is -2.33. The first-order chi connectivity index (χ1) is 12.4. The van der Waals surface area contributed by atoms with Crippen molar-refractivity contribution in [3.05, 3.63) is 28.9 Å². The summed E-state index contributed by atoms with van der Waals surface area (Å²) >= 11 is 0. The summed E-state index contributed by atoms with van der Waals surface area (Å²) in [6, 6.07) is 2.18. The Morgan fingerprint density at radius 3 is 2.81 bits per heavy atom. The van der Waals surface area contributed by atoms with Crippen molar-refractivity contribution in [3.63, 3.8) is 0 Å². The molecule has 1 amide bonds. The van der Waals surface area contributed by atoms with E-state index in [0.717, 1.165) is 54.5 Å². The van der Waals surface area contributed by atoms with E-state index in [1.165, 1.54) is 0 Å². The normalized spacial score (nSPS) is 18.0. The average Bonchev–Trinajstić information content (AvgIpc) is 3.30. The highest BCUT2D eigenvalue weighted by molar-refractivity contribution is 5.93. The predicted octanol–water partition coefficient (Wildman–Crippen LogP) is 3.41. The molecule has 3 rings (SSSR count). The molecule has 2 aromatic heterocycles. The Bertz CT molecular complexity index is 777. The van der Waals surface area contributed by atoms with Gasteiger partial charge in [-0.3, -0.25) is 14.4 Å². The molecule has 1 fully saturated rings. The molecule has 0 aromatic carbocycles. The molecule has 0 spiro atoms. The molecule has 1 N–H and O–H groups in total. The number of nitrogens with zero attached hydrogens (tertiary/aromatic N) is 4. The maximum atomic E-state index is 12.6. The third-order valence-electron chi connectivity index (χ3n) is 5.11. The average molecular weight is 359 g/mol. The van der Waals surface area contributed by atoms with Gasteiger partial charge >= 0.3 is 0 Å². The maximum absolute atomic E-state index is 12.6. The van der Waals surface area contributed by atoms with Gasteiger partial charge in [0.1, 0.15) is 11.5 Å². The zero-order valence-corrected chi connectivity index (χ0v) is 16.4. The number of carbonyl (C=O) groups is 1. The van der Waals surface area contributed by atoms with Crippen molar-refractivity contribution < 1.29 is 9.32 Å². The molecule has 26 heavy (non-hydrogen) atoms. The van der Waals surface area contributed by atoms with Gasteiger partial charge in [-0.1, -0.05) is 19.0 Å². The summed E-state index contributed by atoms with van der Waals surface area (Å²) < 4.78 is 7.35. The van der Waals surface area contributed by atoms with Gasteiger partial charge in [0, 0.05) is 18.5 Å². The third kappa shape index (κ3) is 3.67. The zero-order chi connectivity index (χ0) is 18.8. The van der Waals surface area contributed by atoms with E-state index in [0.29, 0.717) is 12.5 Å². The van der Waals surface area contributed by atoms with Crippen molar-refractivity contribution in [2.45, 2.75) is 66.0 Å². The molecule has 0 bridgehead atoms. The standard InChI is InChI=1S/C19H29N5O2/c1-6-24-14(5)19(13(4)21-24)20-18(25)11-23-9-7-8-16(23)15-10-17(12(2)3)26-22-15/h10,12,16H,6-9,11H2,1-5H3,(H,20,25)/t16-/m0/s1. The van der Waals surface area contributed by atoms with E-state index in [2.05, 4.69) is 34.3 Å². The first kappa shape index (κ1) is 18.6. The molecule has 0 aliphatic carbocycles. The van der Waals surface area contributed by atoms with E-state index in [1.807, 2.05) is 31.5 Å². The van der Waals surface area contributed by atoms with Crippen LogP contribution < -0.4 is 5.32 Å². The van der Waals surface area contributed by atoms with Gasteiger partial charge in [0.05, 0.1) is 29.7 Å². The van der Waals surface area contributed by atoms with E-state index in [-0.39, 0.29) is 11.9 Å². The highest BCUT2D eigenvalue weighted by Gasteiger charge is 2.30. The number of likely N-dealkylation sites (tertiary alicyclic amines) is 1. The highest BCUT2D eigenvalue weighted by Crippen LogP contribution is 2.32. The van der Waals surface area contributed by atoms with Crippen LogP contribution >= 0.6 is 0 Å². The van der Waals surface area contributed by atoms with Crippen LogP contribution in [0.15, 0.2) is 10.6 Å². The second kappa shape index (κ2) is 7.61. The lowest BCUT2D eigenvalue weighted by atomic mass is 10.1. The molecule has 1 atom stereocenters. The zero-order valence-electron chi connectivity index (χ0n) is 16.4. The number of carbonyl (C=O) groups excluding carboxylic acids is 1. The first-order valence-corrected chi connectivity index (χ1v) is 9.45. The molecule has 2 aromatic rings. The van der Waals surface area contributed by atoms with E-state index in [4.69, 9.17) is 4.52 Å². The number of aryl methyl sites for hydroxylation is 2. The van der Waals surface area contributed by atoms with E-state index < -0.39 is 0 Å². The predicted molar refractivity (Wildman–Crippen MR) is 100 cm³/mol. The van der Waals surface area contributed by atoms with Gasteiger partial charge in [-0.25, -0.2) is 0 Å². The Kier molecular flexibility index (Phi) is 5.46. The number of hydrogen-bond donors (Lipinski definition) is 1. The summed E-state index contributed by atoms with van der Waals surface area (Å²) in [6.45, 7) is 12.2. The van der Waals surface area contributed by atoms with E-state index >= 15 is 0 Å². The fourth-order valence-electron chi connectivity index (χ4n) is 3.63. The minimum Gasteiger partial charge on any atom is -0.361 e. The molecule has 0 unspecified atom stereocenters. The van der Waals surface area contributed by atoms with Gasteiger partial charge in [0.15, 0.2) is 0 Å². The minimum atomic E-state index is -0.00803. The second-order valence-electron chi connectivity index (χ2n) is 7.35. The number of anilines is 1. The Balaban J connectivity index is 1.67. The van der Waals surface area contributed by atoms with Crippen LogP contribution in [0, 0.1) is 13.8 Å². The number of rotatable bonds is 6. The number of nitrogens with one attached hydrogen (secondary N) is 1. The Morgan fingerprint density at radius 1 is 1.42 bits per heavy atom. The molecular formula is C19H29N5O2. The number of hydrogen-bond acceptors (Lipinski definition) is 5. The first-order valence-electron chi connectivity index (χ1n) is 9.45. The van der Waals surface area contributed by atoms with Crippen LogP contribution in [0.4, 0.5) is 5.69 Å². The quantitative estimate of drug-likeness (QED) is 0.855. The van der Waals surface area contributed by atoms with Crippen molar-refractivity contribution >= 4 is 11.6 Å². The van der Waals surface area contributed by atoms with Gasteiger partial charge in [-0.2, -0.15) is 5.10 Å². The van der Waals surface area contributed by atoms with Crippen LogP contribution in [0.1, 0.15) is 68.4 Å². The van der Waals surface area contributed by atoms with Crippen LogP contribution in [-0.4, -0.2) is 38.8 Å². The molecule has 0 radical (unpaired) electrons. The third-order valence-corrected chi connectivity index (χ3v) is 5.11. The maximum Gasteiger partial charge on any atom is 0.238 e. The van der Waals surface area contributed by atoms with Gasteiger partial charge in [-0.05, 0) is 40.2 Å². The highest BCUT2D eigenvalue weighted by atomic mass is 16.5. The summed E-state index contributed by atoms with van der Waals surface area (Å²) in [7, 11) is 0. The van der Waals surface area contributed by atoms with Crippen molar-refractivity contribution in [1.29, 1.82) is 0 Å². The fourth-order valence-corrected chi connectivity index (χ4v) is 3.63. The summed E-state index contributed by atoms with van der Waals surface area (Å²) in [5, 5.41) is 11.8. The van der Waals surface area contributed by atoms with Crippen molar-refractivity contribution in [2.24, 2.45) is 0 Å². The van der Waals surface area contributed by atoms with Crippen LogP contribution in [0.25, 0.3) is 0 Å². The molecule has 7 heteroatoms. The summed E-state index contributed by atoms with van der Waals surface area (Å²) in [4.78, 5) is 14.8. The molecule has 1 aliphatic heterocycles. The molecule has 1 aliphatic rings. The van der Waals surface area contributed by atoms with Crippen molar-refractivity contribution in [1.82, 2.24) is 19.8 Å². The molecule has 7 nitrogen and oxygen atoms in total. The SMILES string of the molecule is CCn1nc(C)c(NC(=O)CN2CCC[C@H]2c2cc(C(C)C)on2)c1C. The van der Waals surface area contributed by atoms with Crippen LogP contribution in [0.5, 0.6) is 0 Å². The van der Waals surface area contributed by atoms with Crippen LogP contribution in [-0.2, 0) is 11.3 Å². The Morgan fingerprint density at radius 2 is 2.19 bits per heavy atom. The summed E-state index contributed by atoms with van der Waals surface area (Å²) in [5.74, 6) is 1.20. The van der Waals surface area contributed by atoms with Crippen molar-refractivity contribution in [2.75, 3.05) is 18.4 Å². The molecule has 3 heterocycles. The molecular weight excluding hydrogens is 330 g/mol. The van der Waals surface area contributed by atoms with Crippen LogP contribution in [0.2, 0.25) is 0 Å². The van der Waals surface area contributed by atoms with Gasteiger partial charge < -0.3 is 9.84 Å². The number of aromatic nitrogens is 3. The van der Waals surface area contributed by atoms with Gasteiger partial charge in [0.2, 0.25) is 5.91 Å². The molecule has 1 saturated heterocycles. The second-order valence-corrected chi connectivity index (χ2v) is 7.35. The lowest BCUT2D eigenvalue weighted by molar-refractivity contribution is -0.117. The van der Waals surface area contributed by atoms with Crippen LogP contribution in [0.3, 0.4) is 0 Å². The van der Waals surface area contributed by atoms with Gasteiger partial charge in [0.25, 0.3) is 0 Å². The van der Waals surface area contributed by atoms with E-state index in [9.17, 15) is 4.79 Å². The Hall–Kier alpha value is -2.15.